The number of carbonyl (C=O) groups is 1. The van der Waals surface area contributed by atoms with Gasteiger partial charge < -0.3 is 9.88 Å². The Bertz CT molecular complexity index is 901. The van der Waals surface area contributed by atoms with Gasteiger partial charge in [-0.3, -0.25) is 9.59 Å². The van der Waals surface area contributed by atoms with Crippen LogP contribution in [-0.2, 0) is 4.79 Å². The Morgan fingerprint density at radius 1 is 1.30 bits per heavy atom. The number of rotatable bonds is 4. The highest BCUT2D eigenvalue weighted by Gasteiger charge is 2.14. The van der Waals surface area contributed by atoms with Gasteiger partial charge in [-0.2, -0.15) is 0 Å². The fourth-order valence-electron chi connectivity index (χ4n) is 2.09. The first kappa shape index (κ1) is 15.8. The summed E-state index contributed by atoms with van der Waals surface area (Å²) in [5, 5.41) is 3.02. The maximum Gasteiger partial charge on any atom is 0.260 e. The second-order valence-corrected chi connectivity index (χ2v) is 6.97. The second-order valence-electron chi connectivity index (χ2n) is 5.14. The van der Waals surface area contributed by atoms with Crippen LogP contribution in [0, 0.1) is 0 Å². The van der Waals surface area contributed by atoms with Crippen LogP contribution in [0.5, 0.6) is 0 Å². The molecule has 0 saturated heterocycles. The maximum atomic E-state index is 12.4. The minimum atomic E-state index is -0.171. The van der Waals surface area contributed by atoms with E-state index in [4.69, 9.17) is 0 Å². The Morgan fingerprint density at radius 3 is 2.74 bits per heavy atom. The van der Waals surface area contributed by atoms with Gasteiger partial charge in [-0.25, -0.2) is 4.98 Å². The van der Waals surface area contributed by atoms with E-state index in [1.165, 1.54) is 28.0 Å². The van der Waals surface area contributed by atoms with Gasteiger partial charge in [-0.15, -0.1) is 11.3 Å². The van der Waals surface area contributed by atoms with Gasteiger partial charge in [0.05, 0.1) is 11.1 Å². The molecule has 0 atom stereocenters. The van der Waals surface area contributed by atoms with Crippen LogP contribution >= 0.6 is 23.1 Å². The third-order valence-electron chi connectivity index (χ3n) is 3.34. The molecule has 7 heteroatoms. The highest BCUT2D eigenvalue weighted by molar-refractivity contribution is 7.99. The Morgan fingerprint density at radius 2 is 2.04 bits per heavy atom. The third kappa shape index (κ3) is 3.30. The minimum absolute atomic E-state index is 0.0195. The largest absolute Gasteiger partial charge is 0.348 e. The molecule has 0 spiro atoms. The van der Waals surface area contributed by atoms with E-state index in [0.717, 1.165) is 11.1 Å². The van der Waals surface area contributed by atoms with Crippen LogP contribution in [0.2, 0.25) is 0 Å². The summed E-state index contributed by atoms with van der Waals surface area (Å²) < 4.78 is 0. The Labute approximate surface area is 141 Å². The van der Waals surface area contributed by atoms with Crippen LogP contribution in [0.1, 0.15) is 0 Å². The summed E-state index contributed by atoms with van der Waals surface area (Å²) in [4.78, 5) is 33.5. The predicted octanol–water partition coefficient (Wildman–Crippen LogP) is 2.83. The van der Waals surface area contributed by atoms with Crippen LogP contribution in [0.3, 0.4) is 0 Å². The van der Waals surface area contributed by atoms with Crippen molar-refractivity contribution in [2.45, 2.75) is 5.16 Å². The quantitative estimate of drug-likeness (QED) is 0.583. The number of aromatic amines is 1. The molecular weight excluding hydrogens is 330 g/mol. The van der Waals surface area contributed by atoms with Crippen molar-refractivity contribution in [1.82, 2.24) is 14.9 Å². The van der Waals surface area contributed by atoms with Crippen LogP contribution in [0.4, 0.5) is 0 Å². The van der Waals surface area contributed by atoms with E-state index < -0.39 is 0 Å². The van der Waals surface area contributed by atoms with Crippen molar-refractivity contribution >= 4 is 39.2 Å². The molecule has 0 saturated carbocycles. The molecule has 3 aromatic rings. The number of fused-ring (bicyclic) bond motifs is 1. The molecule has 0 bridgehead atoms. The zero-order valence-electron chi connectivity index (χ0n) is 12.7. The summed E-state index contributed by atoms with van der Waals surface area (Å²) in [5.74, 6) is 0.229. The minimum Gasteiger partial charge on any atom is -0.348 e. The smallest absolute Gasteiger partial charge is 0.260 e. The molecule has 0 fully saturated rings. The molecule has 0 radical (unpaired) electrons. The predicted molar refractivity (Wildman–Crippen MR) is 95.1 cm³/mol. The Balaban J connectivity index is 1.95. The maximum absolute atomic E-state index is 12.4. The lowest BCUT2D eigenvalue weighted by atomic mass is 10.1. The number of nitrogens with one attached hydrogen (secondary N) is 1. The molecule has 1 amide bonds. The molecule has 118 valence electrons. The number of H-pyrrole nitrogens is 1. The number of hydrogen-bond acceptors (Lipinski definition) is 5. The standard InChI is InChI=1S/C16H15N3O2S2/c1-19(2)12(20)9-23-16-17-14(21)13-11(8-22-15(13)18-16)10-6-4-3-5-7-10/h3-8H,9H2,1-2H3,(H,17,18,21). The molecule has 0 aliphatic rings. The van der Waals surface area contributed by atoms with Crippen molar-refractivity contribution in [3.8, 4) is 11.1 Å². The first-order valence-electron chi connectivity index (χ1n) is 6.96. The van der Waals surface area contributed by atoms with Crippen LogP contribution in [0.15, 0.2) is 45.7 Å². The number of thioether (sulfide) groups is 1. The van der Waals surface area contributed by atoms with Crippen LogP contribution in [-0.4, -0.2) is 40.6 Å². The molecule has 0 unspecified atom stereocenters. The van der Waals surface area contributed by atoms with E-state index >= 15 is 0 Å². The van der Waals surface area contributed by atoms with Gasteiger partial charge in [0, 0.05) is 25.0 Å². The van der Waals surface area contributed by atoms with Gasteiger partial charge in [0.15, 0.2) is 5.16 Å². The summed E-state index contributed by atoms with van der Waals surface area (Å²) in [6.45, 7) is 0. The van der Waals surface area contributed by atoms with E-state index in [1.807, 2.05) is 35.7 Å². The SMILES string of the molecule is CN(C)C(=O)CSc1nc2scc(-c3ccccc3)c2c(=O)[nH]1. The average Bonchev–Trinajstić information content (AvgIpc) is 2.98. The summed E-state index contributed by atoms with van der Waals surface area (Å²) >= 11 is 2.68. The van der Waals surface area contributed by atoms with Gasteiger partial charge in [0.1, 0.15) is 4.83 Å². The van der Waals surface area contributed by atoms with Crippen molar-refractivity contribution in [1.29, 1.82) is 0 Å². The van der Waals surface area contributed by atoms with Gasteiger partial charge in [-0.1, -0.05) is 42.1 Å². The second kappa shape index (κ2) is 6.55. The molecule has 1 aromatic carbocycles. The first-order chi connectivity index (χ1) is 11.1. The summed E-state index contributed by atoms with van der Waals surface area (Å²) in [5.41, 5.74) is 1.71. The molecule has 0 aliphatic carbocycles. The number of nitrogens with zero attached hydrogens (tertiary/aromatic N) is 2. The molecule has 3 rings (SSSR count). The van der Waals surface area contributed by atoms with Crippen LogP contribution < -0.4 is 5.56 Å². The lowest BCUT2D eigenvalue weighted by molar-refractivity contribution is -0.125. The molecular formula is C16H15N3O2S2. The zero-order valence-corrected chi connectivity index (χ0v) is 14.3. The number of carbonyl (C=O) groups excluding carboxylic acids is 1. The van der Waals surface area contributed by atoms with E-state index in [2.05, 4.69) is 9.97 Å². The Hall–Kier alpha value is -2.12. The summed E-state index contributed by atoms with van der Waals surface area (Å²) in [7, 11) is 3.40. The normalized spacial score (nSPS) is 10.9. The highest BCUT2D eigenvalue weighted by Crippen LogP contribution is 2.31. The van der Waals surface area contributed by atoms with Gasteiger partial charge in [0.25, 0.3) is 5.56 Å². The lowest BCUT2D eigenvalue weighted by Gasteiger charge is -2.08. The molecule has 5 nitrogen and oxygen atoms in total. The average molecular weight is 345 g/mol. The highest BCUT2D eigenvalue weighted by atomic mass is 32.2. The summed E-state index contributed by atoms with van der Waals surface area (Å²) in [6, 6.07) is 9.77. The first-order valence-corrected chi connectivity index (χ1v) is 8.82. The third-order valence-corrected chi connectivity index (χ3v) is 5.07. The van der Waals surface area contributed by atoms with E-state index in [1.54, 1.807) is 14.1 Å². The molecule has 1 N–H and O–H groups in total. The van der Waals surface area contributed by atoms with Crippen molar-refractivity contribution in [3.63, 3.8) is 0 Å². The van der Waals surface area contributed by atoms with E-state index in [9.17, 15) is 9.59 Å². The molecule has 23 heavy (non-hydrogen) atoms. The summed E-state index contributed by atoms with van der Waals surface area (Å²) in [6.07, 6.45) is 0. The van der Waals surface area contributed by atoms with Gasteiger partial charge >= 0.3 is 0 Å². The fourth-order valence-corrected chi connectivity index (χ4v) is 3.93. The van der Waals surface area contributed by atoms with Crippen molar-refractivity contribution in [2.75, 3.05) is 19.8 Å². The van der Waals surface area contributed by atoms with Gasteiger partial charge in [-0.05, 0) is 5.56 Å². The number of hydrogen-bond donors (Lipinski definition) is 1. The van der Waals surface area contributed by atoms with E-state index in [-0.39, 0.29) is 17.2 Å². The monoisotopic (exact) mass is 345 g/mol. The fraction of sp³-hybridized carbons (Fsp3) is 0.188. The van der Waals surface area contributed by atoms with Crippen molar-refractivity contribution < 1.29 is 4.79 Å². The number of amides is 1. The molecule has 2 heterocycles. The lowest BCUT2D eigenvalue weighted by Crippen LogP contribution is -2.23. The van der Waals surface area contributed by atoms with Gasteiger partial charge in [0.2, 0.25) is 5.91 Å². The number of aromatic nitrogens is 2. The van der Waals surface area contributed by atoms with Crippen LogP contribution in [0.25, 0.3) is 21.3 Å². The molecule has 2 aromatic heterocycles. The number of thiophene rings is 1. The van der Waals surface area contributed by atoms with Crippen molar-refractivity contribution in [2.24, 2.45) is 0 Å². The Kier molecular flexibility index (Phi) is 4.49. The number of benzene rings is 1. The van der Waals surface area contributed by atoms with E-state index in [0.29, 0.717) is 15.4 Å². The molecule has 0 aliphatic heterocycles. The zero-order chi connectivity index (χ0) is 16.4. The topological polar surface area (TPSA) is 66.1 Å². The van der Waals surface area contributed by atoms with Crippen molar-refractivity contribution in [3.05, 3.63) is 46.1 Å².